The first-order chi connectivity index (χ1) is 18.5. The summed E-state index contributed by atoms with van der Waals surface area (Å²) in [6.07, 6.45) is -1.52. The van der Waals surface area contributed by atoms with Gasteiger partial charge in [-0.15, -0.1) is 11.3 Å². The van der Waals surface area contributed by atoms with Gasteiger partial charge < -0.3 is 5.11 Å². The fourth-order valence-corrected chi connectivity index (χ4v) is 5.64. The van der Waals surface area contributed by atoms with Crippen molar-refractivity contribution in [3.63, 3.8) is 0 Å². The molecular formula is C27H15Cl2F3N4O2S. The molecule has 39 heavy (non-hydrogen) atoms. The molecule has 12 heteroatoms. The quantitative estimate of drug-likeness (QED) is 0.241. The highest BCUT2D eigenvalue weighted by Crippen LogP contribution is 2.37. The van der Waals surface area contributed by atoms with Crippen molar-refractivity contribution in [2.75, 3.05) is 0 Å². The van der Waals surface area contributed by atoms with Crippen LogP contribution in [-0.2, 0) is 12.7 Å². The molecule has 5 rings (SSSR count). The van der Waals surface area contributed by atoms with E-state index < -0.39 is 23.2 Å². The first kappa shape index (κ1) is 26.7. The Labute approximate surface area is 233 Å². The molecule has 0 saturated heterocycles. The minimum Gasteiger partial charge on any atom is -0.842 e. The Balaban J connectivity index is 1.77. The van der Waals surface area contributed by atoms with Gasteiger partial charge in [-0.25, -0.2) is 14.3 Å². The number of alkyl halides is 3. The standard InChI is InChI=1S/C27H15Cl2F3N4O2S/c1-14-3-2-6-35-23(14)36(13-19-12-34-26(29)39-19)25(38)22(24(35)37)17-8-15(11-33)7-16(9-17)20-5-4-18(10-21(20)28)27(30,31)32/h2-10,12H,13H2,1H3. The topological polar surface area (TPSA) is 85.1 Å². The van der Waals surface area contributed by atoms with E-state index in [-0.39, 0.29) is 39.4 Å². The van der Waals surface area contributed by atoms with Crippen LogP contribution < -0.4 is 15.2 Å². The Morgan fingerprint density at radius 1 is 1.15 bits per heavy atom. The van der Waals surface area contributed by atoms with Crippen LogP contribution in [0.4, 0.5) is 13.2 Å². The van der Waals surface area contributed by atoms with E-state index in [0.717, 1.165) is 12.1 Å². The molecule has 0 fully saturated rings. The van der Waals surface area contributed by atoms with Gasteiger partial charge in [-0.1, -0.05) is 29.3 Å². The Kier molecular flexibility index (Phi) is 6.84. The molecule has 5 aromatic rings. The molecule has 0 amide bonds. The molecule has 0 aliphatic heterocycles. The average molecular weight is 587 g/mol. The molecule has 6 nitrogen and oxygen atoms in total. The fraction of sp³-hybridized carbons (Fsp3) is 0.111. The van der Waals surface area contributed by atoms with Gasteiger partial charge in [-0.2, -0.15) is 22.8 Å². The highest BCUT2D eigenvalue weighted by Gasteiger charge is 2.31. The minimum atomic E-state index is -4.59. The van der Waals surface area contributed by atoms with Crippen molar-refractivity contribution >= 4 is 40.2 Å². The third-order valence-corrected chi connectivity index (χ3v) is 7.52. The highest BCUT2D eigenvalue weighted by atomic mass is 35.5. The van der Waals surface area contributed by atoms with Crippen molar-refractivity contribution in [1.82, 2.24) is 9.38 Å². The summed E-state index contributed by atoms with van der Waals surface area (Å²) in [5, 5.41) is 23.4. The zero-order chi connectivity index (χ0) is 28.1. The molecule has 0 unspecified atom stereocenters. The molecule has 3 heterocycles. The number of fused-ring (bicyclic) bond motifs is 1. The molecule has 0 aliphatic rings. The number of benzene rings is 2. The number of hydrogen-bond acceptors (Lipinski definition) is 5. The maximum atomic E-state index is 13.9. The second-order valence-electron chi connectivity index (χ2n) is 8.64. The maximum absolute atomic E-state index is 13.9. The molecule has 0 aliphatic carbocycles. The van der Waals surface area contributed by atoms with Crippen LogP contribution >= 0.6 is 34.5 Å². The third-order valence-electron chi connectivity index (χ3n) is 6.11. The van der Waals surface area contributed by atoms with Gasteiger partial charge in [0.2, 0.25) is 0 Å². The van der Waals surface area contributed by atoms with Crippen LogP contribution in [0.25, 0.3) is 27.9 Å². The lowest BCUT2D eigenvalue weighted by atomic mass is 9.96. The van der Waals surface area contributed by atoms with Gasteiger partial charge >= 0.3 is 11.7 Å². The molecule has 2 aromatic carbocycles. The Hall–Kier alpha value is -3.91. The highest BCUT2D eigenvalue weighted by molar-refractivity contribution is 7.15. The number of aromatic nitrogens is 3. The van der Waals surface area contributed by atoms with Crippen LogP contribution in [0.5, 0.6) is 5.88 Å². The van der Waals surface area contributed by atoms with Crippen molar-refractivity contribution in [2.45, 2.75) is 19.6 Å². The molecule has 3 aromatic heterocycles. The number of thiazole rings is 1. The second kappa shape index (κ2) is 10.0. The van der Waals surface area contributed by atoms with Crippen molar-refractivity contribution in [2.24, 2.45) is 0 Å². The number of halogens is 5. The van der Waals surface area contributed by atoms with Crippen LogP contribution in [-0.4, -0.2) is 9.38 Å². The Morgan fingerprint density at radius 2 is 1.90 bits per heavy atom. The number of pyridine rings is 1. The van der Waals surface area contributed by atoms with E-state index in [1.54, 1.807) is 25.3 Å². The van der Waals surface area contributed by atoms with E-state index in [0.29, 0.717) is 20.6 Å². The normalized spacial score (nSPS) is 11.6. The molecular weight excluding hydrogens is 572 g/mol. The van der Waals surface area contributed by atoms with Crippen molar-refractivity contribution in [1.29, 1.82) is 5.26 Å². The number of aryl methyl sites for hydroxylation is 1. The lowest BCUT2D eigenvalue weighted by molar-refractivity contribution is -0.707. The Bertz CT molecular complexity index is 1880. The van der Waals surface area contributed by atoms with E-state index >= 15 is 0 Å². The van der Waals surface area contributed by atoms with Gasteiger partial charge in [0.15, 0.2) is 4.47 Å². The van der Waals surface area contributed by atoms with Crippen molar-refractivity contribution < 1.29 is 22.8 Å². The second-order valence-corrected chi connectivity index (χ2v) is 10.7. The van der Waals surface area contributed by atoms with E-state index in [9.17, 15) is 28.3 Å². The van der Waals surface area contributed by atoms with E-state index in [4.69, 9.17) is 23.2 Å². The molecule has 0 atom stereocenters. The Morgan fingerprint density at radius 3 is 2.54 bits per heavy atom. The van der Waals surface area contributed by atoms with Crippen LogP contribution in [0, 0.1) is 18.3 Å². The number of nitrogens with zero attached hydrogens (tertiary/aromatic N) is 4. The largest absolute Gasteiger partial charge is 0.842 e. The van der Waals surface area contributed by atoms with Crippen LogP contribution in [0.3, 0.4) is 0 Å². The predicted octanol–water partition coefficient (Wildman–Crippen LogP) is 6.01. The van der Waals surface area contributed by atoms with Gasteiger partial charge in [0.25, 0.3) is 5.65 Å². The number of hydrogen-bond donors (Lipinski definition) is 0. The molecule has 0 saturated carbocycles. The summed E-state index contributed by atoms with van der Waals surface area (Å²) in [6.45, 7) is 1.85. The number of nitriles is 1. The molecule has 0 radical (unpaired) electrons. The maximum Gasteiger partial charge on any atom is 0.416 e. The summed E-state index contributed by atoms with van der Waals surface area (Å²) in [6, 6.07) is 12.6. The first-order valence-electron chi connectivity index (χ1n) is 11.3. The summed E-state index contributed by atoms with van der Waals surface area (Å²) in [5.74, 6) is -0.613. The molecule has 0 spiro atoms. The van der Waals surface area contributed by atoms with E-state index in [1.807, 2.05) is 6.07 Å². The number of rotatable bonds is 4. The molecule has 196 valence electrons. The fourth-order valence-electron chi connectivity index (χ4n) is 4.38. The van der Waals surface area contributed by atoms with Gasteiger partial charge in [0.05, 0.1) is 34.2 Å². The monoisotopic (exact) mass is 586 g/mol. The van der Waals surface area contributed by atoms with Gasteiger partial charge in [0.1, 0.15) is 12.1 Å². The lowest BCUT2D eigenvalue weighted by Crippen LogP contribution is -2.44. The van der Waals surface area contributed by atoms with Gasteiger partial charge in [-0.05, 0) is 60.5 Å². The summed E-state index contributed by atoms with van der Waals surface area (Å²) in [7, 11) is 0. The SMILES string of the molecule is Cc1cccn2c(=O)c(-c3cc(C#N)cc(-c4ccc(C(F)(F)F)cc4Cl)c3)c([O-])[n+](Cc3cnc(Cl)s3)c12. The van der Waals surface area contributed by atoms with Crippen molar-refractivity contribution in [3.8, 4) is 34.2 Å². The average Bonchev–Trinajstić information content (AvgIpc) is 3.30. The summed E-state index contributed by atoms with van der Waals surface area (Å²) in [4.78, 5) is 18.4. The van der Waals surface area contributed by atoms with Gasteiger partial charge in [0, 0.05) is 22.3 Å². The predicted molar refractivity (Wildman–Crippen MR) is 140 cm³/mol. The molecule has 0 N–H and O–H groups in total. The zero-order valence-electron chi connectivity index (χ0n) is 19.9. The minimum absolute atomic E-state index is 0.0837. The first-order valence-corrected chi connectivity index (χ1v) is 12.8. The smallest absolute Gasteiger partial charge is 0.416 e. The van der Waals surface area contributed by atoms with E-state index in [1.165, 1.54) is 50.8 Å². The summed E-state index contributed by atoms with van der Waals surface area (Å²) < 4.78 is 42.6. The van der Waals surface area contributed by atoms with Crippen molar-refractivity contribution in [3.05, 3.63) is 102 Å². The summed E-state index contributed by atoms with van der Waals surface area (Å²) in [5.41, 5.74) is -0.000358. The zero-order valence-corrected chi connectivity index (χ0v) is 22.2. The third kappa shape index (κ3) is 4.96. The van der Waals surface area contributed by atoms with Crippen LogP contribution in [0.1, 0.15) is 21.6 Å². The van der Waals surface area contributed by atoms with E-state index in [2.05, 4.69) is 4.98 Å². The van der Waals surface area contributed by atoms with Crippen LogP contribution in [0.2, 0.25) is 9.49 Å². The lowest BCUT2D eigenvalue weighted by Gasteiger charge is -2.18. The van der Waals surface area contributed by atoms with Gasteiger partial charge in [-0.3, -0.25) is 0 Å². The summed E-state index contributed by atoms with van der Waals surface area (Å²) >= 11 is 13.4. The van der Waals surface area contributed by atoms with Crippen LogP contribution in [0.15, 0.2) is 65.7 Å². The molecule has 0 bridgehead atoms.